The van der Waals surface area contributed by atoms with Crippen molar-refractivity contribution < 1.29 is 9.90 Å². The molecule has 0 aromatic heterocycles. The van der Waals surface area contributed by atoms with Gasteiger partial charge in [-0.25, -0.2) is 4.79 Å². The molecule has 2 rings (SSSR count). The molecule has 0 saturated heterocycles. The van der Waals surface area contributed by atoms with Crippen LogP contribution in [0.3, 0.4) is 0 Å². The third-order valence-corrected chi connectivity index (χ3v) is 4.35. The molecule has 1 fully saturated rings. The minimum Gasteiger partial charge on any atom is -0.395 e. The summed E-state index contributed by atoms with van der Waals surface area (Å²) in [6.07, 6.45) is 2.26. The molecular weight excluding hydrogens is 248 g/mol. The number of nitrogens with one attached hydrogen (secondary N) is 2. The Morgan fingerprint density at radius 1 is 1.28 bits per heavy atom. The second kappa shape index (κ2) is 6.11. The highest BCUT2D eigenvalue weighted by atomic mass is 32.2. The molecule has 5 heteroatoms. The Hall–Kier alpha value is -1.20. The summed E-state index contributed by atoms with van der Waals surface area (Å²) in [4.78, 5) is 12.6. The lowest BCUT2D eigenvalue weighted by Crippen LogP contribution is -2.40. The van der Waals surface area contributed by atoms with Crippen molar-refractivity contribution in [2.24, 2.45) is 0 Å². The molecule has 2 amide bonds. The Kier molecular flexibility index (Phi) is 4.49. The Morgan fingerprint density at radius 2 is 2.00 bits per heavy atom. The number of urea groups is 1. The number of hydrogen-bond acceptors (Lipinski definition) is 3. The van der Waals surface area contributed by atoms with Gasteiger partial charge in [-0.15, -0.1) is 11.8 Å². The molecule has 0 aliphatic heterocycles. The van der Waals surface area contributed by atoms with E-state index in [2.05, 4.69) is 22.8 Å². The maximum atomic E-state index is 11.4. The lowest BCUT2D eigenvalue weighted by Gasteiger charge is -2.16. The first-order valence-electron chi connectivity index (χ1n) is 6.11. The number of benzene rings is 1. The van der Waals surface area contributed by atoms with Crippen molar-refractivity contribution in [1.82, 2.24) is 10.6 Å². The molecule has 1 aliphatic carbocycles. The van der Waals surface area contributed by atoms with Crippen LogP contribution in [0.1, 0.15) is 12.8 Å². The third kappa shape index (κ3) is 3.92. The first kappa shape index (κ1) is 13.2. The Labute approximate surface area is 111 Å². The number of amides is 2. The fourth-order valence-electron chi connectivity index (χ4n) is 1.67. The van der Waals surface area contributed by atoms with Crippen molar-refractivity contribution in [2.75, 3.05) is 19.7 Å². The van der Waals surface area contributed by atoms with Crippen LogP contribution in [0.25, 0.3) is 0 Å². The number of carbonyl (C=O) groups excluding carboxylic acids is 1. The van der Waals surface area contributed by atoms with E-state index in [1.54, 1.807) is 0 Å². The van der Waals surface area contributed by atoms with Gasteiger partial charge >= 0.3 is 6.03 Å². The summed E-state index contributed by atoms with van der Waals surface area (Å²) in [5.74, 6) is 0. The van der Waals surface area contributed by atoms with Gasteiger partial charge in [-0.2, -0.15) is 0 Å². The van der Waals surface area contributed by atoms with Crippen LogP contribution in [0.15, 0.2) is 35.2 Å². The minimum atomic E-state index is -0.205. The maximum Gasteiger partial charge on any atom is 0.314 e. The van der Waals surface area contributed by atoms with Crippen LogP contribution in [0.5, 0.6) is 0 Å². The quantitative estimate of drug-likeness (QED) is 0.733. The highest BCUT2D eigenvalue weighted by Crippen LogP contribution is 2.51. The van der Waals surface area contributed by atoms with Gasteiger partial charge in [0.15, 0.2) is 0 Å². The van der Waals surface area contributed by atoms with Gasteiger partial charge in [-0.05, 0) is 25.0 Å². The normalized spacial score (nSPS) is 16.1. The highest BCUT2D eigenvalue weighted by Gasteiger charge is 2.43. The van der Waals surface area contributed by atoms with E-state index in [1.807, 2.05) is 30.0 Å². The summed E-state index contributed by atoms with van der Waals surface area (Å²) in [6.45, 7) is 0.936. The standard InChI is InChI=1S/C13H18N2O2S/c16-9-8-14-12(17)15-10-13(6-7-13)18-11-4-2-1-3-5-11/h1-5,16H,6-10H2,(H2,14,15,17). The number of rotatable bonds is 6. The fraction of sp³-hybridized carbons (Fsp3) is 0.462. The number of aliphatic hydroxyl groups is 1. The van der Waals surface area contributed by atoms with Crippen molar-refractivity contribution in [3.05, 3.63) is 30.3 Å². The van der Waals surface area contributed by atoms with Gasteiger partial charge in [-0.3, -0.25) is 0 Å². The van der Waals surface area contributed by atoms with Gasteiger partial charge in [0.2, 0.25) is 0 Å². The van der Waals surface area contributed by atoms with E-state index >= 15 is 0 Å². The van der Waals surface area contributed by atoms with Crippen LogP contribution in [0.4, 0.5) is 4.79 Å². The van der Waals surface area contributed by atoms with Crippen molar-refractivity contribution in [1.29, 1.82) is 0 Å². The van der Waals surface area contributed by atoms with Crippen LogP contribution in [-0.4, -0.2) is 35.6 Å². The zero-order chi connectivity index (χ0) is 12.8. The van der Waals surface area contributed by atoms with Gasteiger partial charge in [-0.1, -0.05) is 18.2 Å². The molecule has 0 radical (unpaired) electrons. The third-order valence-electron chi connectivity index (χ3n) is 2.85. The topological polar surface area (TPSA) is 61.4 Å². The molecule has 18 heavy (non-hydrogen) atoms. The summed E-state index contributed by atoms with van der Waals surface area (Å²) in [7, 11) is 0. The van der Waals surface area contributed by atoms with Gasteiger partial charge in [0.25, 0.3) is 0 Å². The summed E-state index contributed by atoms with van der Waals surface area (Å²) >= 11 is 1.83. The first-order chi connectivity index (χ1) is 8.74. The molecule has 98 valence electrons. The Morgan fingerprint density at radius 3 is 2.61 bits per heavy atom. The zero-order valence-electron chi connectivity index (χ0n) is 10.2. The molecule has 4 nitrogen and oxygen atoms in total. The van der Waals surface area contributed by atoms with Crippen LogP contribution in [0, 0.1) is 0 Å². The van der Waals surface area contributed by atoms with E-state index in [0.717, 1.165) is 12.8 Å². The highest BCUT2D eigenvalue weighted by molar-refractivity contribution is 8.01. The Bertz CT molecular complexity index is 393. The summed E-state index contributed by atoms with van der Waals surface area (Å²) in [5.41, 5.74) is 0. The molecule has 1 aromatic rings. The van der Waals surface area contributed by atoms with Crippen molar-refractivity contribution in [3.63, 3.8) is 0 Å². The van der Waals surface area contributed by atoms with Crippen LogP contribution < -0.4 is 10.6 Å². The van der Waals surface area contributed by atoms with E-state index in [9.17, 15) is 4.79 Å². The van der Waals surface area contributed by atoms with Crippen molar-refractivity contribution in [2.45, 2.75) is 22.5 Å². The molecular formula is C13H18N2O2S. The number of aliphatic hydroxyl groups excluding tert-OH is 1. The molecule has 1 aromatic carbocycles. The molecule has 0 atom stereocenters. The monoisotopic (exact) mass is 266 g/mol. The van der Waals surface area contributed by atoms with Gasteiger partial charge in [0.1, 0.15) is 0 Å². The molecule has 0 spiro atoms. The van der Waals surface area contributed by atoms with E-state index in [4.69, 9.17) is 5.11 Å². The summed E-state index contributed by atoms with van der Waals surface area (Å²) in [5, 5.41) is 14.0. The van der Waals surface area contributed by atoms with Gasteiger partial charge in [0.05, 0.1) is 6.61 Å². The minimum absolute atomic E-state index is 0.0304. The van der Waals surface area contributed by atoms with Crippen molar-refractivity contribution >= 4 is 17.8 Å². The zero-order valence-corrected chi connectivity index (χ0v) is 11.0. The average Bonchev–Trinajstić information content (AvgIpc) is 3.15. The predicted molar refractivity (Wildman–Crippen MR) is 72.8 cm³/mol. The summed E-state index contributed by atoms with van der Waals surface area (Å²) < 4.78 is 0.165. The fourth-order valence-corrected chi connectivity index (χ4v) is 2.91. The predicted octanol–water partition coefficient (Wildman–Crippen LogP) is 1.60. The second-order valence-electron chi connectivity index (χ2n) is 4.43. The first-order valence-corrected chi connectivity index (χ1v) is 6.92. The van der Waals surface area contributed by atoms with Crippen molar-refractivity contribution in [3.8, 4) is 0 Å². The Balaban J connectivity index is 1.77. The van der Waals surface area contributed by atoms with E-state index in [1.165, 1.54) is 4.90 Å². The summed E-state index contributed by atoms with van der Waals surface area (Å²) in [6, 6.07) is 10.0. The van der Waals surface area contributed by atoms with Crippen LogP contribution >= 0.6 is 11.8 Å². The smallest absolute Gasteiger partial charge is 0.314 e. The SMILES string of the molecule is O=C(NCCO)NCC1(Sc2ccccc2)CC1. The molecule has 1 saturated carbocycles. The molecule has 1 aliphatic rings. The lowest BCUT2D eigenvalue weighted by molar-refractivity contribution is 0.234. The average molecular weight is 266 g/mol. The second-order valence-corrected chi connectivity index (χ2v) is 5.97. The van der Waals surface area contributed by atoms with E-state index in [-0.39, 0.29) is 17.4 Å². The molecule has 0 bridgehead atoms. The number of hydrogen-bond donors (Lipinski definition) is 3. The van der Waals surface area contributed by atoms with E-state index < -0.39 is 0 Å². The number of thioether (sulfide) groups is 1. The largest absolute Gasteiger partial charge is 0.395 e. The van der Waals surface area contributed by atoms with Crippen LogP contribution in [0.2, 0.25) is 0 Å². The van der Waals surface area contributed by atoms with Gasteiger partial charge in [0, 0.05) is 22.7 Å². The van der Waals surface area contributed by atoms with Crippen LogP contribution in [-0.2, 0) is 0 Å². The van der Waals surface area contributed by atoms with E-state index in [0.29, 0.717) is 13.1 Å². The molecule has 0 unspecified atom stereocenters. The molecule has 0 heterocycles. The molecule has 3 N–H and O–H groups in total. The van der Waals surface area contributed by atoms with Gasteiger partial charge < -0.3 is 15.7 Å². The maximum absolute atomic E-state index is 11.4. The number of carbonyl (C=O) groups is 1. The lowest BCUT2D eigenvalue weighted by atomic mass is 10.4.